The molecule has 3 heteroatoms. The molecule has 5 aliphatic rings. The first-order valence-corrected chi connectivity index (χ1v) is 31.0. The van der Waals surface area contributed by atoms with E-state index in [2.05, 4.69) is 261 Å². The van der Waals surface area contributed by atoms with Crippen molar-refractivity contribution in [1.82, 2.24) is 0 Å². The van der Waals surface area contributed by atoms with Crippen LogP contribution in [0.2, 0.25) is 13.1 Å². The van der Waals surface area contributed by atoms with Gasteiger partial charge in [-0.25, -0.2) is 0 Å². The fraction of sp³-hybridized carbons (Fsp3) is 0.260. The fourth-order valence-corrected chi connectivity index (χ4v) is 18.0. The highest BCUT2D eigenvalue weighted by molar-refractivity contribution is 7.03. The van der Waals surface area contributed by atoms with Crippen molar-refractivity contribution >= 4 is 35.5 Å². The van der Waals surface area contributed by atoms with E-state index in [-0.39, 0.29) is 21.7 Å². The molecule has 2 aliphatic heterocycles. The third-order valence-electron chi connectivity index (χ3n) is 19.5. The first-order valence-electron chi connectivity index (χ1n) is 28.0. The van der Waals surface area contributed by atoms with Crippen LogP contribution in [0.25, 0.3) is 44.5 Å². The Morgan fingerprint density at radius 3 is 1.55 bits per heavy atom. The first-order chi connectivity index (χ1) is 36.4. The molecule has 376 valence electrons. The van der Waals surface area contributed by atoms with Crippen LogP contribution in [0.15, 0.2) is 188 Å². The Kier molecular flexibility index (Phi) is 10.1. The van der Waals surface area contributed by atoms with Crippen molar-refractivity contribution < 1.29 is 4.74 Å². The molecule has 0 amide bonds. The molecule has 0 fully saturated rings. The zero-order valence-electron chi connectivity index (χ0n) is 46.1. The van der Waals surface area contributed by atoms with Gasteiger partial charge in [0.1, 0.15) is 19.6 Å². The van der Waals surface area contributed by atoms with Gasteiger partial charge < -0.3 is 9.64 Å². The normalized spacial score (nSPS) is 18.4. The maximum atomic E-state index is 7.29. The second kappa shape index (κ2) is 16.2. The molecule has 0 atom stereocenters. The maximum Gasteiger partial charge on any atom is 0.134 e. The van der Waals surface area contributed by atoms with Gasteiger partial charge in [-0.15, -0.1) is 0 Å². The summed E-state index contributed by atoms with van der Waals surface area (Å²) in [5, 5.41) is 3.05. The molecule has 0 N–H and O–H groups in total. The van der Waals surface area contributed by atoms with Crippen molar-refractivity contribution in [2.75, 3.05) is 4.90 Å². The molecule has 0 unspecified atom stereocenters. The molecule has 9 aromatic carbocycles. The second-order valence-corrected chi connectivity index (χ2v) is 30.5. The standard InChI is InChI=1S/C73H69NOSi/c1-69(2)36-37-70(3,4)61-41-47(31-34-58(61)69)46-20-19-21-49(40-46)74(50-32-35-60-66(43-50)75-65-28-17-16-27-59(65)73(60)56-25-14-11-22-51(56)52-23-12-15-26-57(52)73)64-45-63-62(71(5,6)38-39-72(63,7)8)44-55(64)48-30-33-54-53-24-13-18-29-67(53)76(9,10)68(54)42-48/h11-35,40-45H,36-39H2,1-10H3. The van der Waals surface area contributed by atoms with Gasteiger partial charge in [-0.2, -0.15) is 0 Å². The SMILES string of the molecule is CC1(C)CCC(C)(C)c2cc(-c3cccc(N(c4ccc5c(c4)Oc4ccccc4C54c5ccccc5-c5ccccc54)c4cc5c(cc4-c4ccc6c(c4)[Si](C)(C)c4ccccc4-6)C(C)(C)CCC5(C)C)c3)ccc21. The van der Waals surface area contributed by atoms with Crippen LogP contribution < -0.4 is 20.0 Å². The zero-order chi connectivity index (χ0) is 52.3. The van der Waals surface area contributed by atoms with Crippen LogP contribution in [0.4, 0.5) is 17.1 Å². The highest BCUT2D eigenvalue weighted by atomic mass is 28.3. The van der Waals surface area contributed by atoms with Crippen LogP contribution in [-0.2, 0) is 27.1 Å². The van der Waals surface area contributed by atoms with Crippen LogP contribution in [0.5, 0.6) is 11.5 Å². The Morgan fingerprint density at radius 1 is 0.342 bits per heavy atom. The average Bonchev–Trinajstić information content (AvgIpc) is 3.87. The Hall–Kier alpha value is -7.20. The van der Waals surface area contributed by atoms with Crippen LogP contribution in [0.1, 0.15) is 126 Å². The Bertz CT molecular complexity index is 3870. The molecule has 0 saturated heterocycles. The van der Waals surface area contributed by atoms with E-state index < -0.39 is 13.5 Å². The predicted molar refractivity (Wildman–Crippen MR) is 322 cm³/mol. The molecule has 76 heavy (non-hydrogen) atoms. The predicted octanol–water partition coefficient (Wildman–Crippen LogP) is 18.5. The maximum absolute atomic E-state index is 7.29. The third-order valence-corrected chi connectivity index (χ3v) is 23.0. The minimum atomic E-state index is -2.02. The van der Waals surface area contributed by atoms with Crippen molar-refractivity contribution in [3.8, 4) is 56.0 Å². The molecule has 3 aliphatic carbocycles. The first kappa shape index (κ1) is 47.3. The largest absolute Gasteiger partial charge is 0.457 e. The lowest BCUT2D eigenvalue weighted by molar-refractivity contribution is 0.332. The molecular weight excluding hydrogens is 935 g/mol. The quantitative estimate of drug-likeness (QED) is 0.159. The summed E-state index contributed by atoms with van der Waals surface area (Å²) in [6.07, 6.45) is 4.64. The van der Waals surface area contributed by atoms with Crippen molar-refractivity contribution in [1.29, 1.82) is 0 Å². The summed E-state index contributed by atoms with van der Waals surface area (Å²) in [5.41, 5.74) is 24.2. The van der Waals surface area contributed by atoms with E-state index in [1.807, 2.05) is 0 Å². The number of ether oxygens (including phenoxy) is 1. The molecule has 0 saturated carbocycles. The van der Waals surface area contributed by atoms with Gasteiger partial charge in [0, 0.05) is 34.1 Å². The number of rotatable bonds is 5. The molecule has 1 spiro atoms. The number of fused-ring (bicyclic) bond motifs is 14. The Morgan fingerprint density at radius 2 is 0.855 bits per heavy atom. The van der Waals surface area contributed by atoms with Gasteiger partial charge in [0.05, 0.1) is 11.1 Å². The zero-order valence-corrected chi connectivity index (χ0v) is 47.1. The molecule has 2 heterocycles. The summed E-state index contributed by atoms with van der Waals surface area (Å²) in [7, 11) is -2.02. The smallest absolute Gasteiger partial charge is 0.134 e. The van der Waals surface area contributed by atoms with Gasteiger partial charge >= 0.3 is 0 Å². The fourth-order valence-electron chi connectivity index (χ4n) is 14.9. The van der Waals surface area contributed by atoms with E-state index in [0.717, 1.165) is 35.7 Å². The van der Waals surface area contributed by atoms with Crippen molar-refractivity contribution in [3.05, 3.63) is 233 Å². The molecule has 9 aromatic rings. The van der Waals surface area contributed by atoms with E-state index >= 15 is 0 Å². The van der Waals surface area contributed by atoms with Crippen LogP contribution in [-0.4, -0.2) is 8.07 Å². The van der Waals surface area contributed by atoms with E-state index in [1.165, 1.54) is 118 Å². The summed E-state index contributed by atoms with van der Waals surface area (Å²) in [6, 6.07) is 72.5. The van der Waals surface area contributed by atoms with E-state index in [4.69, 9.17) is 4.74 Å². The molecule has 2 nitrogen and oxygen atoms in total. The number of benzene rings is 9. The summed E-state index contributed by atoms with van der Waals surface area (Å²) >= 11 is 0. The lowest BCUT2D eigenvalue weighted by Crippen LogP contribution is -2.49. The molecule has 0 bridgehead atoms. The lowest BCUT2D eigenvalue weighted by Gasteiger charge is -2.43. The summed E-state index contributed by atoms with van der Waals surface area (Å²) in [5.74, 6) is 1.78. The minimum Gasteiger partial charge on any atom is -0.457 e. The lowest BCUT2D eigenvalue weighted by atomic mass is 9.62. The van der Waals surface area contributed by atoms with Crippen molar-refractivity contribution in [3.63, 3.8) is 0 Å². The molecule has 0 radical (unpaired) electrons. The average molecular weight is 1000 g/mol. The van der Waals surface area contributed by atoms with Gasteiger partial charge in [-0.05, 0) is 166 Å². The Labute approximate surface area is 452 Å². The number of hydrogen-bond donors (Lipinski definition) is 0. The van der Waals surface area contributed by atoms with Gasteiger partial charge in [0.15, 0.2) is 0 Å². The number of anilines is 3. The van der Waals surface area contributed by atoms with E-state index in [1.54, 1.807) is 0 Å². The van der Waals surface area contributed by atoms with Crippen LogP contribution >= 0.6 is 0 Å². The van der Waals surface area contributed by atoms with Crippen LogP contribution in [0.3, 0.4) is 0 Å². The van der Waals surface area contributed by atoms with Gasteiger partial charge in [-0.1, -0.05) is 214 Å². The summed E-state index contributed by atoms with van der Waals surface area (Å²) in [4.78, 5) is 2.58. The number of nitrogens with zero attached hydrogens (tertiary/aromatic N) is 1. The van der Waals surface area contributed by atoms with Gasteiger partial charge in [0.2, 0.25) is 0 Å². The van der Waals surface area contributed by atoms with E-state index in [0.29, 0.717) is 0 Å². The Balaban J connectivity index is 1.04. The molecule has 14 rings (SSSR count). The number of hydrogen-bond acceptors (Lipinski definition) is 2. The van der Waals surface area contributed by atoms with Crippen LogP contribution in [0, 0.1) is 0 Å². The minimum absolute atomic E-state index is 0.00783. The summed E-state index contributed by atoms with van der Waals surface area (Å²) in [6.45, 7) is 24.7. The molecular formula is C73H69NOSi. The van der Waals surface area contributed by atoms with Gasteiger partial charge in [-0.3, -0.25) is 0 Å². The number of para-hydroxylation sites is 1. The third kappa shape index (κ3) is 6.70. The summed E-state index contributed by atoms with van der Waals surface area (Å²) < 4.78 is 7.29. The topological polar surface area (TPSA) is 12.5 Å². The van der Waals surface area contributed by atoms with E-state index in [9.17, 15) is 0 Å². The highest BCUT2D eigenvalue weighted by Gasteiger charge is 2.51. The molecule has 0 aromatic heterocycles. The van der Waals surface area contributed by atoms with Crippen molar-refractivity contribution in [2.24, 2.45) is 0 Å². The van der Waals surface area contributed by atoms with Crippen molar-refractivity contribution in [2.45, 2.75) is 121 Å². The van der Waals surface area contributed by atoms with Gasteiger partial charge in [0.25, 0.3) is 0 Å². The highest BCUT2D eigenvalue weighted by Crippen LogP contribution is 2.63. The second-order valence-electron chi connectivity index (χ2n) is 26.1. The monoisotopic (exact) mass is 1000 g/mol.